The summed E-state index contributed by atoms with van der Waals surface area (Å²) >= 11 is 0. The summed E-state index contributed by atoms with van der Waals surface area (Å²) < 4.78 is 5.48. The van der Waals surface area contributed by atoms with Crippen molar-refractivity contribution in [3.8, 4) is 11.5 Å². The summed E-state index contributed by atoms with van der Waals surface area (Å²) in [5, 5.41) is 25.3. The standard InChI is InChI=1S/C23H26N4O4/c28-19-6-8-21(9-7-19)31-16-20(29)15-24-13-10-17-2-4-18(5-3-17)27-23(30)14-22-25-11-1-12-26-22/h1-9,11-12,20,24,28-29H,10,13-16H2,(H,27,30)/t20-/m0/s1. The fourth-order valence-corrected chi connectivity index (χ4v) is 2.82. The van der Waals surface area contributed by atoms with Crippen LogP contribution in [0.2, 0.25) is 0 Å². The fraction of sp³-hybridized carbons (Fsp3) is 0.261. The summed E-state index contributed by atoms with van der Waals surface area (Å²) in [5.41, 5.74) is 1.84. The van der Waals surface area contributed by atoms with Gasteiger partial charge in [-0.3, -0.25) is 4.79 Å². The average molecular weight is 422 g/mol. The van der Waals surface area contributed by atoms with E-state index in [1.807, 2.05) is 24.3 Å². The number of benzene rings is 2. The quantitative estimate of drug-likeness (QED) is 0.349. The summed E-state index contributed by atoms with van der Waals surface area (Å²) in [7, 11) is 0. The van der Waals surface area contributed by atoms with Crippen molar-refractivity contribution in [1.29, 1.82) is 0 Å². The SMILES string of the molecule is O=C(Cc1ncccn1)Nc1ccc(CCNC[C@H](O)COc2ccc(O)cc2)cc1. The number of carbonyl (C=O) groups is 1. The minimum absolute atomic E-state index is 0.130. The second-order valence-corrected chi connectivity index (χ2v) is 7.00. The van der Waals surface area contributed by atoms with Crippen molar-refractivity contribution in [2.24, 2.45) is 0 Å². The predicted molar refractivity (Wildman–Crippen MR) is 117 cm³/mol. The molecule has 3 aromatic rings. The second kappa shape index (κ2) is 11.6. The third-order valence-corrected chi connectivity index (χ3v) is 4.43. The van der Waals surface area contributed by atoms with Gasteiger partial charge in [-0.05, 0) is 61.0 Å². The van der Waals surface area contributed by atoms with Gasteiger partial charge in [0.1, 0.15) is 30.0 Å². The van der Waals surface area contributed by atoms with Crippen LogP contribution >= 0.6 is 0 Å². The molecule has 2 aromatic carbocycles. The molecule has 1 heterocycles. The first-order chi connectivity index (χ1) is 15.1. The molecule has 3 rings (SSSR count). The first-order valence-corrected chi connectivity index (χ1v) is 10.0. The van der Waals surface area contributed by atoms with E-state index in [0.717, 1.165) is 17.7 Å². The Bertz CT molecular complexity index is 934. The number of carbonyl (C=O) groups excluding carboxylic acids is 1. The van der Waals surface area contributed by atoms with E-state index in [1.54, 1.807) is 30.6 Å². The van der Waals surface area contributed by atoms with Crippen LogP contribution < -0.4 is 15.4 Å². The van der Waals surface area contributed by atoms with Gasteiger partial charge in [-0.15, -0.1) is 0 Å². The molecule has 0 aliphatic carbocycles. The van der Waals surface area contributed by atoms with Gasteiger partial charge in [0.2, 0.25) is 5.91 Å². The lowest BCUT2D eigenvalue weighted by Gasteiger charge is -2.13. The first-order valence-electron chi connectivity index (χ1n) is 10.0. The van der Waals surface area contributed by atoms with E-state index in [-0.39, 0.29) is 24.7 Å². The van der Waals surface area contributed by atoms with Crippen LogP contribution in [-0.4, -0.2) is 51.9 Å². The molecule has 0 aliphatic rings. The van der Waals surface area contributed by atoms with Crippen LogP contribution in [0.15, 0.2) is 67.0 Å². The first kappa shape index (κ1) is 22.2. The van der Waals surface area contributed by atoms with E-state index < -0.39 is 6.10 Å². The minimum Gasteiger partial charge on any atom is -0.508 e. The number of aliphatic hydroxyl groups is 1. The monoisotopic (exact) mass is 422 g/mol. The third-order valence-electron chi connectivity index (χ3n) is 4.43. The molecule has 0 aliphatic heterocycles. The maximum absolute atomic E-state index is 12.1. The zero-order valence-electron chi connectivity index (χ0n) is 17.1. The van der Waals surface area contributed by atoms with E-state index in [4.69, 9.17) is 4.74 Å². The van der Waals surface area contributed by atoms with Gasteiger partial charge < -0.3 is 25.6 Å². The Kier molecular flexibility index (Phi) is 8.33. The smallest absolute Gasteiger partial charge is 0.232 e. The molecule has 162 valence electrons. The van der Waals surface area contributed by atoms with Gasteiger partial charge in [0.15, 0.2) is 0 Å². The van der Waals surface area contributed by atoms with Crippen molar-refractivity contribution in [3.05, 3.63) is 78.4 Å². The second-order valence-electron chi connectivity index (χ2n) is 7.00. The van der Waals surface area contributed by atoms with E-state index in [2.05, 4.69) is 20.6 Å². The number of phenolic OH excluding ortho intramolecular Hbond substituents is 1. The van der Waals surface area contributed by atoms with Crippen LogP contribution in [0.1, 0.15) is 11.4 Å². The van der Waals surface area contributed by atoms with Crippen molar-refractivity contribution in [2.75, 3.05) is 25.0 Å². The topological polar surface area (TPSA) is 117 Å². The van der Waals surface area contributed by atoms with Gasteiger partial charge in [0.05, 0.1) is 6.42 Å². The van der Waals surface area contributed by atoms with Gasteiger partial charge in [-0.2, -0.15) is 0 Å². The number of hydrogen-bond acceptors (Lipinski definition) is 7. The van der Waals surface area contributed by atoms with E-state index in [1.165, 1.54) is 12.1 Å². The van der Waals surface area contributed by atoms with Crippen molar-refractivity contribution < 1.29 is 19.7 Å². The number of aromatic hydroxyl groups is 1. The number of hydrogen-bond donors (Lipinski definition) is 4. The maximum Gasteiger partial charge on any atom is 0.232 e. The molecular formula is C23H26N4O4. The van der Waals surface area contributed by atoms with Crippen LogP contribution in [0.4, 0.5) is 5.69 Å². The molecule has 0 bridgehead atoms. The molecule has 1 amide bonds. The fourth-order valence-electron chi connectivity index (χ4n) is 2.82. The highest BCUT2D eigenvalue weighted by Crippen LogP contribution is 2.16. The number of anilines is 1. The zero-order chi connectivity index (χ0) is 21.9. The van der Waals surface area contributed by atoms with Gasteiger partial charge in [0, 0.05) is 24.6 Å². The van der Waals surface area contributed by atoms with Crippen LogP contribution in [0, 0.1) is 0 Å². The molecule has 0 unspecified atom stereocenters. The number of phenols is 1. The molecule has 8 nitrogen and oxygen atoms in total. The predicted octanol–water partition coefficient (Wildman–Crippen LogP) is 1.94. The molecule has 0 fully saturated rings. The summed E-state index contributed by atoms with van der Waals surface area (Å²) in [6.45, 7) is 1.28. The Balaban J connectivity index is 1.31. The summed E-state index contributed by atoms with van der Waals surface area (Å²) in [5.74, 6) is 1.09. The molecule has 0 spiro atoms. The molecule has 31 heavy (non-hydrogen) atoms. The van der Waals surface area contributed by atoms with Crippen LogP contribution in [0.5, 0.6) is 11.5 Å². The molecule has 1 atom stereocenters. The third kappa shape index (κ3) is 8.04. The highest BCUT2D eigenvalue weighted by atomic mass is 16.5. The maximum atomic E-state index is 12.1. The lowest BCUT2D eigenvalue weighted by Crippen LogP contribution is -2.32. The van der Waals surface area contributed by atoms with Crippen LogP contribution in [0.25, 0.3) is 0 Å². The van der Waals surface area contributed by atoms with Crippen LogP contribution in [-0.2, 0) is 17.6 Å². The molecule has 0 saturated carbocycles. The van der Waals surface area contributed by atoms with E-state index in [9.17, 15) is 15.0 Å². The lowest BCUT2D eigenvalue weighted by atomic mass is 10.1. The molecule has 1 aromatic heterocycles. The number of rotatable bonds is 11. The van der Waals surface area contributed by atoms with E-state index in [0.29, 0.717) is 24.7 Å². The van der Waals surface area contributed by atoms with E-state index >= 15 is 0 Å². The number of aliphatic hydroxyl groups excluding tert-OH is 1. The Morgan fingerprint density at radius 1 is 1.03 bits per heavy atom. The van der Waals surface area contributed by atoms with Gasteiger partial charge in [-0.1, -0.05) is 12.1 Å². The Labute approximate surface area is 181 Å². The summed E-state index contributed by atoms with van der Waals surface area (Å²) in [4.78, 5) is 20.1. The van der Waals surface area contributed by atoms with Crippen molar-refractivity contribution in [1.82, 2.24) is 15.3 Å². The minimum atomic E-state index is -0.639. The number of ether oxygens (including phenoxy) is 1. The number of amides is 1. The van der Waals surface area contributed by atoms with Gasteiger partial charge in [0.25, 0.3) is 0 Å². The molecule has 0 radical (unpaired) electrons. The van der Waals surface area contributed by atoms with Gasteiger partial charge >= 0.3 is 0 Å². The highest BCUT2D eigenvalue weighted by molar-refractivity contribution is 5.91. The summed E-state index contributed by atoms with van der Waals surface area (Å²) in [6, 6.07) is 15.7. The van der Waals surface area contributed by atoms with Crippen molar-refractivity contribution in [3.63, 3.8) is 0 Å². The Morgan fingerprint density at radius 3 is 2.45 bits per heavy atom. The van der Waals surface area contributed by atoms with Gasteiger partial charge in [-0.25, -0.2) is 9.97 Å². The number of aromatic nitrogens is 2. The molecule has 4 N–H and O–H groups in total. The normalized spacial score (nSPS) is 11.6. The average Bonchev–Trinajstić information content (AvgIpc) is 2.78. The molecule has 0 saturated heterocycles. The van der Waals surface area contributed by atoms with Crippen molar-refractivity contribution in [2.45, 2.75) is 18.9 Å². The Hall–Kier alpha value is -3.49. The highest BCUT2D eigenvalue weighted by Gasteiger charge is 2.07. The molecular weight excluding hydrogens is 396 g/mol. The largest absolute Gasteiger partial charge is 0.508 e. The number of nitrogens with one attached hydrogen (secondary N) is 2. The molecule has 8 heteroatoms. The lowest BCUT2D eigenvalue weighted by molar-refractivity contribution is -0.115. The van der Waals surface area contributed by atoms with Crippen LogP contribution in [0.3, 0.4) is 0 Å². The zero-order valence-corrected chi connectivity index (χ0v) is 17.1. The summed E-state index contributed by atoms with van der Waals surface area (Å²) in [6.07, 6.45) is 3.50. The Morgan fingerprint density at radius 2 is 1.74 bits per heavy atom. The number of nitrogens with zero attached hydrogens (tertiary/aromatic N) is 2. The van der Waals surface area contributed by atoms with Crippen molar-refractivity contribution >= 4 is 11.6 Å².